The lowest BCUT2D eigenvalue weighted by Crippen LogP contribution is -2.14. The molecule has 23 heavy (non-hydrogen) atoms. The van der Waals surface area contributed by atoms with E-state index in [0.717, 1.165) is 32.0 Å². The molecule has 0 N–H and O–H groups in total. The van der Waals surface area contributed by atoms with Gasteiger partial charge in [0, 0.05) is 33.5 Å². The zero-order valence-electron chi connectivity index (χ0n) is 13.8. The third-order valence-electron chi connectivity index (χ3n) is 4.86. The Labute approximate surface area is 142 Å². The second kappa shape index (κ2) is 7.31. The highest BCUT2D eigenvalue weighted by atomic mass is 32.2. The average Bonchev–Trinajstić information content (AvgIpc) is 2.59. The van der Waals surface area contributed by atoms with Gasteiger partial charge in [0.15, 0.2) is 0 Å². The standard InChI is InChI=1S/C20H23NOS/c1-14-3-8-18(11-15(14)2)23-19-9-10-20(21-12-19)17-6-4-16(13-22)5-7-17/h3,8-13,16-17H,4-7H2,1-2H3. The van der Waals surface area contributed by atoms with Crippen LogP contribution in [0.2, 0.25) is 0 Å². The highest BCUT2D eigenvalue weighted by Crippen LogP contribution is 2.35. The maximum Gasteiger partial charge on any atom is 0.123 e. The van der Waals surface area contributed by atoms with Crippen molar-refractivity contribution in [2.45, 2.75) is 55.2 Å². The van der Waals surface area contributed by atoms with E-state index in [1.165, 1.54) is 26.6 Å². The van der Waals surface area contributed by atoms with E-state index >= 15 is 0 Å². The molecule has 2 aromatic rings. The highest BCUT2D eigenvalue weighted by Gasteiger charge is 2.22. The van der Waals surface area contributed by atoms with Crippen LogP contribution in [0, 0.1) is 19.8 Å². The fraction of sp³-hybridized carbons (Fsp3) is 0.400. The maximum absolute atomic E-state index is 10.8. The third kappa shape index (κ3) is 4.03. The van der Waals surface area contributed by atoms with E-state index in [-0.39, 0.29) is 5.92 Å². The van der Waals surface area contributed by atoms with Crippen LogP contribution in [-0.2, 0) is 4.79 Å². The molecule has 1 aromatic carbocycles. The molecule has 1 aromatic heterocycles. The van der Waals surface area contributed by atoms with Crippen molar-refractivity contribution in [1.82, 2.24) is 4.98 Å². The lowest BCUT2D eigenvalue weighted by atomic mass is 9.81. The Hall–Kier alpha value is -1.61. The fourth-order valence-electron chi connectivity index (χ4n) is 3.16. The summed E-state index contributed by atoms with van der Waals surface area (Å²) < 4.78 is 0. The number of aldehydes is 1. The molecule has 1 aliphatic carbocycles. The number of rotatable bonds is 4. The Kier molecular flexibility index (Phi) is 5.16. The lowest BCUT2D eigenvalue weighted by molar-refractivity contribution is -0.111. The lowest BCUT2D eigenvalue weighted by Gasteiger charge is -2.24. The molecule has 120 valence electrons. The molecule has 0 atom stereocenters. The van der Waals surface area contributed by atoms with Gasteiger partial charge in [-0.2, -0.15) is 0 Å². The Morgan fingerprint density at radius 3 is 2.35 bits per heavy atom. The van der Waals surface area contributed by atoms with Gasteiger partial charge in [-0.3, -0.25) is 4.98 Å². The van der Waals surface area contributed by atoms with Crippen molar-refractivity contribution in [3.05, 3.63) is 53.3 Å². The number of pyridine rings is 1. The van der Waals surface area contributed by atoms with Crippen LogP contribution in [-0.4, -0.2) is 11.3 Å². The summed E-state index contributed by atoms with van der Waals surface area (Å²) in [6.45, 7) is 4.29. The molecule has 0 spiro atoms. The summed E-state index contributed by atoms with van der Waals surface area (Å²) in [4.78, 5) is 18.0. The van der Waals surface area contributed by atoms with E-state index < -0.39 is 0 Å². The summed E-state index contributed by atoms with van der Waals surface area (Å²) in [5, 5.41) is 0. The molecule has 1 saturated carbocycles. The minimum atomic E-state index is 0.269. The Morgan fingerprint density at radius 1 is 1.00 bits per heavy atom. The molecule has 0 unspecified atom stereocenters. The van der Waals surface area contributed by atoms with Gasteiger partial charge in [0.1, 0.15) is 6.29 Å². The van der Waals surface area contributed by atoms with Crippen molar-refractivity contribution >= 4 is 18.0 Å². The first-order valence-electron chi connectivity index (χ1n) is 8.32. The van der Waals surface area contributed by atoms with Gasteiger partial charge in [-0.15, -0.1) is 0 Å². The smallest absolute Gasteiger partial charge is 0.123 e. The topological polar surface area (TPSA) is 30.0 Å². The van der Waals surface area contributed by atoms with Crippen LogP contribution in [0.4, 0.5) is 0 Å². The Balaban J connectivity index is 1.65. The number of carbonyl (C=O) groups is 1. The first kappa shape index (κ1) is 16.3. The summed E-state index contributed by atoms with van der Waals surface area (Å²) in [7, 11) is 0. The van der Waals surface area contributed by atoms with Crippen LogP contribution >= 0.6 is 11.8 Å². The van der Waals surface area contributed by atoms with Crippen LogP contribution in [0.1, 0.15) is 48.4 Å². The van der Waals surface area contributed by atoms with Crippen molar-refractivity contribution < 1.29 is 4.79 Å². The van der Waals surface area contributed by atoms with Crippen molar-refractivity contribution in [2.24, 2.45) is 5.92 Å². The van der Waals surface area contributed by atoms with Gasteiger partial charge in [-0.1, -0.05) is 17.8 Å². The molecule has 2 nitrogen and oxygen atoms in total. The molecule has 0 saturated heterocycles. The van der Waals surface area contributed by atoms with Crippen LogP contribution in [0.5, 0.6) is 0 Å². The predicted octanol–water partition coefficient (Wildman–Crippen LogP) is 5.32. The van der Waals surface area contributed by atoms with E-state index in [1.807, 2.05) is 6.20 Å². The molecule has 1 fully saturated rings. The average molecular weight is 325 g/mol. The molecule has 0 aliphatic heterocycles. The molecule has 3 rings (SSSR count). The van der Waals surface area contributed by atoms with Gasteiger partial charge in [0.05, 0.1) is 0 Å². The summed E-state index contributed by atoms with van der Waals surface area (Å²) in [6.07, 6.45) is 7.29. The quantitative estimate of drug-likeness (QED) is 0.712. The minimum Gasteiger partial charge on any atom is -0.303 e. The zero-order valence-corrected chi connectivity index (χ0v) is 14.6. The molecule has 0 bridgehead atoms. The summed E-state index contributed by atoms with van der Waals surface area (Å²) in [5.74, 6) is 0.790. The predicted molar refractivity (Wildman–Crippen MR) is 95.0 cm³/mol. The number of aryl methyl sites for hydroxylation is 2. The molecule has 0 amide bonds. The Bertz CT molecular complexity index is 673. The van der Waals surface area contributed by atoms with Gasteiger partial charge < -0.3 is 4.79 Å². The number of benzene rings is 1. The van der Waals surface area contributed by atoms with E-state index in [9.17, 15) is 4.79 Å². The zero-order chi connectivity index (χ0) is 16.2. The van der Waals surface area contributed by atoms with Crippen LogP contribution < -0.4 is 0 Å². The van der Waals surface area contributed by atoms with E-state index in [2.05, 4.69) is 49.2 Å². The number of aromatic nitrogens is 1. The fourth-order valence-corrected chi connectivity index (χ4v) is 4.04. The largest absolute Gasteiger partial charge is 0.303 e. The monoisotopic (exact) mass is 325 g/mol. The molecule has 1 heterocycles. The normalized spacial score (nSPS) is 21.1. The summed E-state index contributed by atoms with van der Waals surface area (Å²) in [5.41, 5.74) is 3.83. The third-order valence-corrected chi connectivity index (χ3v) is 5.82. The Morgan fingerprint density at radius 2 is 1.74 bits per heavy atom. The van der Waals surface area contributed by atoms with Gasteiger partial charge >= 0.3 is 0 Å². The molecule has 3 heteroatoms. The molecular formula is C20H23NOS. The second-order valence-electron chi connectivity index (χ2n) is 6.51. The molecule has 0 radical (unpaired) electrons. The van der Waals surface area contributed by atoms with Gasteiger partial charge in [-0.05, 0) is 74.9 Å². The molecular weight excluding hydrogens is 302 g/mol. The SMILES string of the molecule is Cc1ccc(Sc2ccc(C3CCC(C=O)CC3)nc2)cc1C. The highest BCUT2D eigenvalue weighted by molar-refractivity contribution is 7.99. The van der Waals surface area contributed by atoms with E-state index in [1.54, 1.807) is 11.8 Å². The first-order valence-corrected chi connectivity index (χ1v) is 9.13. The first-order chi connectivity index (χ1) is 11.2. The number of hydrogen-bond acceptors (Lipinski definition) is 3. The van der Waals surface area contributed by atoms with E-state index in [0.29, 0.717) is 5.92 Å². The van der Waals surface area contributed by atoms with Crippen molar-refractivity contribution in [2.75, 3.05) is 0 Å². The van der Waals surface area contributed by atoms with Crippen molar-refractivity contribution in [3.8, 4) is 0 Å². The summed E-state index contributed by atoms with van der Waals surface area (Å²) >= 11 is 1.76. The minimum absolute atomic E-state index is 0.269. The second-order valence-corrected chi connectivity index (χ2v) is 7.66. The van der Waals surface area contributed by atoms with Crippen molar-refractivity contribution in [1.29, 1.82) is 0 Å². The number of hydrogen-bond donors (Lipinski definition) is 0. The summed E-state index contributed by atoms with van der Waals surface area (Å²) in [6, 6.07) is 10.9. The van der Waals surface area contributed by atoms with Crippen LogP contribution in [0.3, 0.4) is 0 Å². The van der Waals surface area contributed by atoms with Crippen LogP contribution in [0.15, 0.2) is 46.3 Å². The maximum atomic E-state index is 10.8. The van der Waals surface area contributed by atoms with Crippen molar-refractivity contribution in [3.63, 3.8) is 0 Å². The number of nitrogens with zero attached hydrogens (tertiary/aromatic N) is 1. The van der Waals surface area contributed by atoms with Crippen LogP contribution in [0.25, 0.3) is 0 Å². The number of carbonyl (C=O) groups excluding carboxylic acids is 1. The molecule has 1 aliphatic rings. The van der Waals surface area contributed by atoms with E-state index in [4.69, 9.17) is 0 Å². The van der Waals surface area contributed by atoms with Gasteiger partial charge in [-0.25, -0.2) is 0 Å². The van der Waals surface area contributed by atoms with Gasteiger partial charge in [0.25, 0.3) is 0 Å². The van der Waals surface area contributed by atoms with Gasteiger partial charge in [0.2, 0.25) is 0 Å².